The van der Waals surface area contributed by atoms with Gasteiger partial charge in [0.15, 0.2) is 11.6 Å². The Morgan fingerprint density at radius 2 is 2.41 bits per heavy atom. The maximum atomic E-state index is 13.1. The smallest absolute Gasteiger partial charge is 0.230 e. The van der Waals surface area contributed by atoms with Crippen molar-refractivity contribution >= 4 is 17.6 Å². The average Bonchev–Trinajstić information content (AvgIpc) is 2.32. The van der Waals surface area contributed by atoms with Crippen LogP contribution in [0.5, 0.6) is 0 Å². The van der Waals surface area contributed by atoms with E-state index in [1.165, 1.54) is 6.20 Å². The number of hydrogen-bond acceptors (Lipinski definition) is 5. The minimum Gasteiger partial charge on any atom is -0.404 e. The summed E-state index contributed by atoms with van der Waals surface area (Å²) >= 11 is 0. The van der Waals surface area contributed by atoms with Crippen molar-refractivity contribution < 1.29 is 4.39 Å². The third-order valence-corrected chi connectivity index (χ3v) is 1.80. The summed E-state index contributed by atoms with van der Waals surface area (Å²) in [6.07, 6.45) is 4.01. The molecule has 0 bridgehead atoms. The van der Waals surface area contributed by atoms with Crippen molar-refractivity contribution in [1.82, 2.24) is 9.97 Å². The summed E-state index contributed by atoms with van der Waals surface area (Å²) in [6.45, 7) is 2.48. The summed E-state index contributed by atoms with van der Waals surface area (Å²) in [5.41, 5.74) is 5.28. The number of nitrogens with zero attached hydrogens (tertiary/aromatic N) is 3. The van der Waals surface area contributed by atoms with Crippen LogP contribution in [0.2, 0.25) is 0 Å². The number of rotatable bonds is 4. The van der Waals surface area contributed by atoms with E-state index in [1.807, 2.05) is 6.92 Å². The highest BCUT2D eigenvalue weighted by Crippen LogP contribution is 2.10. The molecule has 6 nitrogen and oxygen atoms in total. The van der Waals surface area contributed by atoms with E-state index in [2.05, 4.69) is 25.6 Å². The molecule has 7 heteroatoms. The van der Waals surface area contributed by atoms with Gasteiger partial charge in [-0.05, 0) is 19.2 Å². The molecule has 1 aromatic rings. The molecule has 1 rings (SSSR count). The van der Waals surface area contributed by atoms with Gasteiger partial charge in [0.1, 0.15) is 5.84 Å². The van der Waals surface area contributed by atoms with E-state index in [0.29, 0.717) is 12.4 Å². The third kappa shape index (κ3) is 3.71. The van der Waals surface area contributed by atoms with Crippen molar-refractivity contribution in [2.24, 2.45) is 10.7 Å². The number of amidine groups is 1. The van der Waals surface area contributed by atoms with Gasteiger partial charge in [0.25, 0.3) is 0 Å². The largest absolute Gasteiger partial charge is 0.404 e. The maximum absolute atomic E-state index is 13.1. The Morgan fingerprint density at radius 3 is 3.00 bits per heavy atom. The van der Waals surface area contributed by atoms with Gasteiger partial charge >= 0.3 is 0 Å². The Kier molecular flexibility index (Phi) is 4.86. The highest BCUT2D eigenvalue weighted by molar-refractivity contribution is 6.02. The summed E-state index contributed by atoms with van der Waals surface area (Å²) in [4.78, 5) is 11.9. The van der Waals surface area contributed by atoms with E-state index >= 15 is 0 Å². The monoisotopic (exact) mass is 238 g/mol. The number of nitrogens with one attached hydrogen (secondary N) is 2. The Morgan fingerprint density at radius 1 is 1.65 bits per heavy atom. The maximum Gasteiger partial charge on any atom is 0.230 e. The Balaban J connectivity index is 2.90. The molecule has 92 valence electrons. The van der Waals surface area contributed by atoms with Gasteiger partial charge in [0.2, 0.25) is 5.95 Å². The van der Waals surface area contributed by atoms with Crippen molar-refractivity contribution in [3.63, 3.8) is 0 Å². The lowest BCUT2D eigenvalue weighted by molar-refractivity contribution is 0.619. The van der Waals surface area contributed by atoms with Gasteiger partial charge in [0.05, 0.1) is 6.20 Å². The summed E-state index contributed by atoms with van der Waals surface area (Å²) < 4.78 is 13.1. The lowest BCUT2D eigenvalue weighted by Gasteiger charge is -2.06. The number of hydrogen-bond donors (Lipinski definition) is 3. The zero-order valence-electron chi connectivity index (χ0n) is 9.74. The standard InChI is InChI=1S/C10H15FN6/c1-3-14-8(4-5-12)16-10-15-6-7(11)9(13-2)17-10/h4-6H,3,12H2,1-2H3,(H2,13,14,15,16,17). The molecule has 0 aliphatic heterocycles. The highest BCUT2D eigenvalue weighted by Gasteiger charge is 2.05. The van der Waals surface area contributed by atoms with Gasteiger partial charge in [-0.1, -0.05) is 0 Å². The molecule has 17 heavy (non-hydrogen) atoms. The first kappa shape index (κ1) is 12.9. The SMILES string of the molecule is CCN=C(C=CN)Nc1ncc(F)c(NC)n1. The van der Waals surface area contributed by atoms with E-state index in [1.54, 1.807) is 13.1 Å². The molecule has 0 fully saturated rings. The topological polar surface area (TPSA) is 88.2 Å². The second kappa shape index (κ2) is 6.41. The fourth-order valence-electron chi connectivity index (χ4n) is 1.11. The third-order valence-electron chi connectivity index (χ3n) is 1.80. The van der Waals surface area contributed by atoms with Gasteiger partial charge in [-0.25, -0.2) is 9.37 Å². The van der Waals surface area contributed by atoms with E-state index in [-0.39, 0.29) is 11.8 Å². The number of anilines is 2. The minimum atomic E-state index is -0.513. The molecule has 0 aliphatic carbocycles. The van der Waals surface area contributed by atoms with Crippen molar-refractivity contribution in [2.75, 3.05) is 24.2 Å². The molecule has 4 N–H and O–H groups in total. The van der Waals surface area contributed by atoms with E-state index in [9.17, 15) is 4.39 Å². The molecule has 0 saturated carbocycles. The van der Waals surface area contributed by atoms with Crippen LogP contribution in [0, 0.1) is 5.82 Å². The molecule has 0 spiro atoms. The molecule has 0 amide bonds. The zero-order chi connectivity index (χ0) is 12.7. The molecule has 0 radical (unpaired) electrons. The van der Waals surface area contributed by atoms with E-state index in [4.69, 9.17) is 5.73 Å². The lowest BCUT2D eigenvalue weighted by Crippen LogP contribution is -2.14. The lowest BCUT2D eigenvalue weighted by atomic mass is 10.5. The van der Waals surface area contributed by atoms with Crippen molar-refractivity contribution in [3.8, 4) is 0 Å². The van der Waals surface area contributed by atoms with Crippen LogP contribution in [0.15, 0.2) is 23.5 Å². The van der Waals surface area contributed by atoms with Gasteiger partial charge in [-0.15, -0.1) is 0 Å². The molecule has 0 aliphatic rings. The van der Waals surface area contributed by atoms with E-state index in [0.717, 1.165) is 6.20 Å². The quantitative estimate of drug-likeness (QED) is 0.537. The second-order valence-corrected chi connectivity index (χ2v) is 2.98. The molecular weight excluding hydrogens is 223 g/mol. The minimum absolute atomic E-state index is 0.120. The molecule has 0 unspecified atom stereocenters. The Hall–Kier alpha value is -2.18. The predicted molar refractivity (Wildman–Crippen MR) is 66.5 cm³/mol. The summed E-state index contributed by atoms with van der Waals surface area (Å²) in [6, 6.07) is 0. The Labute approximate surface area is 98.9 Å². The van der Waals surface area contributed by atoms with Crippen LogP contribution in [0.3, 0.4) is 0 Å². The van der Waals surface area contributed by atoms with Crippen LogP contribution >= 0.6 is 0 Å². The molecule has 0 saturated heterocycles. The molecular formula is C10H15FN6. The highest BCUT2D eigenvalue weighted by atomic mass is 19.1. The molecule has 1 aromatic heterocycles. The number of nitrogens with two attached hydrogens (primary N) is 1. The molecule has 1 heterocycles. The number of aromatic nitrogens is 2. The predicted octanol–water partition coefficient (Wildman–Crippen LogP) is 0.960. The Bertz CT molecular complexity index is 429. The van der Waals surface area contributed by atoms with Crippen LogP contribution in [-0.2, 0) is 0 Å². The van der Waals surface area contributed by atoms with Crippen molar-refractivity contribution in [2.45, 2.75) is 6.92 Å². The van der Waals surface area contributed by atoms with Crippen molar-refractivity contribution in [3.05, 3.63) is 24.3 Å². The summed E-state index contributed by atoms with van der Waals surface area (Å²) in [5, 5.41) is 5.46. The van der Waals surface area contributed by atoms with Crippen molar-refractivity contribution in [1.29, 1.82) is 0 Å². The first-order chi connectivity index (χ1) is 8.21. The first-order valence-corrected chi connectivity index (χ1v) is 5.11. The van der Waals surface area contributed by atoms with Crippen LogP contribution in [-0.4, -0.2) is 29.4 Å². The van der Waals surface area contributed by atoms with Crippen LogP contribution in [0.1, 0.15) is 6.92 Å². The average molecular weight is 238 g/mol. The van der Waals surface area contributed by atoms with Crippen LogP contribution in [0.25, 0.3) is 0 Å². The zero-order valence-corrected chi connectivity index (χ0v) is 9.74. The van der Waals surface area contributed by atoms with Gasteiger partial charge in [0, 0.05) is 13.6 Å². The van der Waals surface area contributed by atoms with Crippen LogP contribution < -0.4 is 16.4 Å². The van der Waals surface area contributed by atoms with Gasteiger partial charge < -0.3 is 16.4 Å². The van der Waals surface area contributed by atoms with Crippen LogP contribution in [0.4, 0.5) is 16.2 Å². The number of halogens is 1. The van der Waals surface area contributed by atoms with E-state index < -0.39 is 5.82 Å². The number of aliphatic imine (C=N–C) groups is 1. The molecule has 0 atom stereocenters. The first-order valence-electron chi connectivity index (χ1n) is 5.11. The normalized spacial score (nSPS) is 11.8. The second-order valence-electron chi connectivity index (χ2n) is 2.98. The molecule has 0 aromatic carbocycles. The van der Waals surface area contributed by atoms with Gasteiger partial charge in [-0.3, -0.25) is 4.99 Å². The van der Waals surface area contributed by atoms with Gasteiger partial charge in [-0.2, -0.15) is 4.98 Å². The summed E-state index contributed by atoms with van der Waals surface area (Å²) in [7, 11) is 1.58. The fraction of sp³-hybridized carbons (Fsp3) is 0.300. The summed E-state index contributed by atoms with van der Waals surface area (Å²) in [5.74, 6) is 0.376. The fourth-order valence-corrected chi connectivity index (χ4v) is 1.11.